The molecule has 0 nitrogen and oxygen atoms in total. The van der Waals surface area contributed by atoms with Crippen molar-refractivity contribution in [3.8, 4) is 0 Å². The Morgan fingerprint density at radius 3 is 2.43 bits per heavy atom. The Labute approximate surface area is 45.2 Å². The van der Waals surface area contributed by atoms with E-state index in [1.165, 1.54) is 18.4 Å². The minimum absolute atomic E-state index is 0.900. The summed E-state index contributed by atoms with van der Waals surface area (Å²) in [6, 6.07) is 0. The van der Waals surface area contributed by atoms with Crippen molar-refractivity contribution in [1.29, 1.82) is 0 Å². The van der Waals surface area contributed by atoms with E-state index in [0.717, 1.165) is 5.92 Å². The molecule has 0 amide bonds. The summed E-state index contributed by atoms with van der Waals surface area (Å²) in [6.07, 6.45) is 5.04. The largest absolute Gasteiger partial charge is 0.0998 e. The minimum Gasteiger partial charge on any atom is -0.0998 e. The number of rotatable bonds is 2. The molecule has 1 fully saturated rings. The van der Waals surface area contributed by atoms with Crippen molar-refractivity contribution in [3.63, 3.8) is 0 Å². The van der Waals surface area contributed by atoms with Crippen LogP contribution in [0.25, 0.3) is 0 Å². The van der Waals surface area contributed by atoms with Gasteiger partial charge >= 0.3 is 0 Å². The molecule has 39 valence electrons. The quantitative estimate of drug-likeness (QED) is 0.493. The van der Waals surface area contributed by atoms with E-state index in [2.05, 4.69) is 19.9 Å². The second-order valence-corrected chi connectivity index (χ2v) is 2.35. The van der Waals surface area contributed by atoms with Gasteiger partial charge in [0.15, 0.2) is 0 Å². The van der Waals surface area contributed by atoms with Crippen LogP contribution in [0.4, 0.5) is 0 Å². The van der Waals surface area contributed by atoms with Crippen LogP contribution in [0.1, 0.15) is 19.8 Å². The molecular weight excluding hydrogens is 84.1 g/mol. The lowest BCUT2D eigenvalue weighted by atomic mass is 10.2. The Morgan fingerprint density at radius 1 is 1.71 bits per heavy atom. The fourth-order valence-electron chi connectivity index (χ4n) is 0.665. The maximum absolute atomic E-state index is 3.78. The van der Waals surface area contributed by atoms with Crippen LogP contribution < -0.4 is 0 Å². The molecule has 1 radical (unpaired) electrons. The highest BCUT2D eigenvalue weighted by Gasteiger charge is 2.20. The molecule has 0 N–H and O–H groups in total. The van der Waals surface area contributed by atoms with Crippen LogP contribution in [-0.2, 0) is 0 Å². The first-order valence-corrected chi connectivity index (χ1v) is 2.79. The fraction of sp³-hybridized carbons (Fsp3) is 0.571. The van der Waals surface area contributed by atoms with E-state index in [4.69, 9.17) is 0 Å². The predicted octanol–water partition coefficient (Wildman–Crippen LogP) is 2.18. The number of allylic oxidation sites excluding steroid dienone is 1. The average molecular weight is 95.2 g/mol. The van der Waals surface area contributed by atoms with Crippen LogP contribution in [0.3, 0.4) is 0 Å². The lowest BCUT2D eigenvalue weighted by Gasteiger charge is -1.89. The van der Waals surface area contributed by atoms with Crippen molar-refractivity contribution in [2.75, 3.05) is 0 Å². The van der Waals surface area contributed by atoms with Gasteiger partial charge in [0.2, 0.25) is 0 Å². The van der Waals surface area contributed by atoms with E-state index in [-0.39, 0.29) is 0 Å². The van der Waals surface area contributed by atoms with Crippen molar-refractivity contribution < 1.29 is 0 Å². The van der Waals surface area contributed by atoms with E-state index in [0.29, 0.717) is 0 Å². The van der Waals surface area contributed by atoms with Gasteiger partial charge in [0.05, 0.1) is 0 Å². The molecule has 0 unspecified atom stereocenters. The Morgan fingerprint density at radius 2 is 2.29 bits per heavy atom. The molecule has 1 saturated carbocycles. The molecule has 0 aliphatic heterocycles. The van der Waals surface area contributed by atoms with Gasteiger partial charge in [0.1, 0.15) is 0 Å². The molecule has 1 aliphatic carbocycles. The Kier molecular flexibility index (Phi) is 1.18. The van der Waals surface area contributed by atoms with Gasteiger partial charge < -0.3 is 0 Å². The normalized spacial score (nSPS) is 19.6. The molecule has 0 aromatic carbocycles. The van der Waals surface area contributed by atoms with Crippen molar-refractivity contribution in [3.05, 3.63) is 18.6 Å². The highest BCUT2D eigenvalue weighted by Crippen LogP contribution is 2.33. The summed E-state index contributed by atoms with van der Waals surface area (Å²) in [5, 5.41) is 0. The van der Waals surface area contributed by atoms with Crippen LogP contribution in [0.15, 0.2) is 12.2 Å². The molecule has 7 heavy (non-hydrogen) atoms. The third-order valence-electron chi connectivity index (χ3n) is 1.14. The van der Waals surface area contributed by atoms with E-state index < -0.39 is 0 Å². The second kappa shape index (κ2) is 1.69. The summed E-state index contributed by atoms with van der Waals surface area (Å²) in [7, 11) is 0. The molecule has 0 aromatic heterocycles. The zero-order valence-corrected chi connectivity index (χ0v) is 4.78. The van der Waals surface area contributed by atoms with Gasteiger partial charge in [0, 0.05) is 0 Å². The van der Waals surface area contributed by atoms with Crippen LogP contribution in [0, 0.1) is 12.3 Å². The van der Waals surface area contributed by atoms with Crippen molar-refractivity contribution in [2.24, 2.45) is 5.92 Å². The predicted molar refractivity (Wildman–Crippen MR) is 31.8 cm³/mol. The first-order chi connectivity index (χ1) is 3.29. The van der Waals surface area contributed by atoms with Crippen molar-refractivity contribution >= 4 is 0 Å². The summed E-state index contributed by atoms with van der Waals surface area (Å²) in [5.74, 6) is 0.900. The minimum atomic E-state index is 0.900. The fourth-order valence-corrected chi connectivity index (χ4v) is 0.665. The molecule has 0 spiro atoms. The zero-order chi connectivity index (χ0) is 5.28. The number of hydrogen-bond donors (Lipinski definition) is 0. The lowest BCUT2D eigenvalue weighted by molar-refractivity contribution is 1.01. The van der Waals surface area contributed by atoms with Gasteiger partial charge in [-0.3, -0.25) is 0 Å². The highest BCUT2D eigenvalue weighted by atomic mass is 14.3. The van der Waals surface area contributed by atoms with E-state index in [9.17, 15) is 0 Å². The molecule has 1 aliphatic rings. The highest BCUT2D eigenvalue weighted by molar-refractivity contribution is 5.10. The molecule has 0 heterocycles. The monoisotopic (exact) mass is 95.1 g/mol. The maximum Gasteiger partial charge on any atom is -0.0112 e. The molecule has 0 saturated heterocycles. The zero-order valence-electron chi connectivity index (χ0n) is 4.78. The van der Waals surface area contributed by atoms with Gasteiger partial charge in [-0.25, -0.2) is 0 Å². The SMILES string of the molecule is C=C(C)[CH]C1CC1. The van der Waals surface area contributed by atoms with Crippen LogP contribution in [-0.4, -0.2) is 0 Å². The first kappa shape index (κ1) is 4.89. The Bertz CT molecular complexity index is 78.0. The second-order valence-electron chi connectivity index (χ2n) is 2.35. The maximum atomic E-state index is 3.78. The molecule has 0 aromatic rings. The topological polar surface area (TPSA) is 0 Å². The molecule has 0 bridgehead atoms. The summed E-state index contributed by atoms with van der Waals surface area (Å²) in [4.78, 5) is 0. The summed E-state index contributed by atoms with van der Waals surface area (Å²) in [5.41, 5.74) is 1.22. The van der Waals surface area contributed by atoms with Crippen LogP contribution in [0.5, 0.6) is 0 Å². The van der Waals surface area contributed by atoms with Crippen molar-refractivity contribution in [2.45, 2.75) is 19.8 Å². The molecule has 1 rings (SSSR count). The Balaban J connectivity index is 2.08. The van der Waals surface area contributed by atoms with Gasteiger partial charge in [-0.15, -0.1) is 0 Å². The molecule has 0 heteroatoms. The molecular formula is C7H11. The van der Waals surface area contributed by atoms with Crippen LogP contribution in [0.2, 0.25) is 0 Å². The van der Waals surface area contributed by atoms with Gasteiger partial charge in [-0.2, -0.15) is 0 Å². The van der Waals surface area contributed by atoms with Crippen molar-refractivity contribution in [1.82, 2.24) is 0 Å². The smallest absolute Gasteiger partial charge is 0.0112 e. The van der Waals surface area contributed by atoms with Gasteiger partial charge in [0.25, 0.3) is 0 Å². The standard InChI is InChI=1S/C7H11/c1-6(2)5-7-3-4-7/h5,7H,1,3-4H2,2H3. The average Bonchev–Trinajstić information content (AvgIpc) is 2.17. The number of hydrogen-bond acceptors (Lipinski definition) is 0. The lowest BCUT2D eigenvalue weighted by Crippen LogP contribution is -1.75. The first-order valence-electron chi connectivity index (χ1n) is 2.79. The summed E-state index contributed by atoms with van der Waals surface area (Å²) in [6.45, 7) is 5.83. The van der Waals surface area contributed by atoms with Gasteiger partial charge in [-0.05, 0) is 32.1 Å². The van der Waals surface area contributed by atoms with E-state index >= 15 is 0 Å². The van der Waals surface area contributed by atoms with Crippen LogP contribution >= 0.6 is 0 Å². The summed E-state index contributed by atoms with van der Waals surface area (Å²) >= 11 is 0. The third-order valence-corrected chi connectivity index (χ3v) is 1.14. The van der Waals surface area contributed by atoms with E-state index in [1.807, 2.05) is 0 Å². The van der Waals surface area contributed by atoms with E-state index in [1.54, 1.807) is 0 Å². The third kappa shape index (κ3) is 1.77. The van der Waals surface area contributed by atoms with Gasteiger partial charge in [-0.1, -0.05) is 12.2 Å². The molecule has 0 atom stereocenters. The Hall–Kier alpha value is -0.260. The summed E-state index contributed by atoms with van der Waals surface area (Å²) < 4.78 is 0.